The van der Waals surface area contributed by atoms with Gasteiger partial charge in [0.15, 0.2) is 0 Å². The second kappa shape index (κ2) is 10.7. The van der Waals surface area contributed by atoms with Crippen LogP contribution in [0.1, 0.15) is 67.1 Å². The summed E-state index contributed by atoms with van der Waals surface area (Å²) in [6.45, 7) is 5.66. The largest absolute Gasteiger partial charge is 0.492 e. The first kappa shape index (κ1) is 26.1. The van der Waals surface area contributed by atoms with Gasteiger partial charge in [0.05, 0.1) is 29.3 Å². The number of aromatic nitrogens is 3. The zero-order chi connectivity index (χ0) is 27.0. The van der Waals surface area contributed by atoms with Crippen molar-refractivity contribution in [3.63, 3.8) is 0 Å². The van der Waals surface area contributed by atoms with Gasteiger partial charge in [-0.2, -0.15) is 0 Å². The number of halogens is 2. The van der Waals surface area contributed by atoms with Gasteiger partial charge in [-0.1, -0.05) is 13.0 Å². The zero-order valence-corrected chi connectivity index (χ0v) is 21.9. The number of carbonyl (C=O) groups is 2. The smallest absolute Gasteiger partial charge is 0.255 e. The van der Waals surface area contributed by atoms with Crippen molar-refractivity contribution < 1.29 is 23.1 Å². The predicted octanol–water partition coefficient (Wildman–Crippen LogP) is 4.68. The highest BCUT2D eigenvalue weighted by Gasteiger charge is 2.33. The average molecular weight is 526 g/mol. The van der Waals surface area contributed by atoms with Gasteiger partial charge in [0.1, 0.15) is 35.3 Å². The fourth-order valence-electron chi connectivity index (χ4n) is 5.06. The molecule has 202 valence electrons. The lowest BCUT2D eigenvalue weighted by Crippen LogP contribution is -2.49. The van der Waals surface area contributed by atoms with Crippen LogP contribution in [0.4, 0.5) is 8.78 Å². The normalized spacial score (nSPS) is 21.3. The summed E-state index contributed by atoms with van der Waals surface area (Å²) in [6, 6.07) is 2.51. The number of ether oxygens (including phenoxy) is 1. The molecule has 38 heavy (non-hydrogen) atoms. The number of rotatable bonds is 8. The van der Waals surface area contributed by atoms with E-state index in [0.717, 1.165) is 12.8 Å². The molecule has 0 spiro atoms. The third kappa shape index (κ3) is 5.21. The van der Waals surface area contributed by atoms with Crippen molar-refractivity contribution in [2.75, 3.05) is 6.61 Å². The van der Waals surface area contributed by atoms with Gasteiger partial charge in [-0.05, 0) is 57.1 Å². The molecule has 1 aromatic carbocycles. The Hall–Kier alpha value is -3.56. The van der Waals surface area contributed by atoms with E-state index in [9.17, 15) is 14.0 Å². The standard InChI is InChI=1S/C28H33F2N5O3/c1-4-21(36)35-19-9-8-17(11-18(19)29)34-28(37)22-15(3)33-27-25(22)31-13-32-26(27)23-20(38-12-16-6-7-16)10-5-14(2)24(23)30/h5,10,13,16-19,33H,4,6-9,11-12H2,1-3H3,(H,34,37)(H,35,36)/t17-,18-,19+/m1/s1. The van der Waals surface area contributed by atoms with E-state index < -0.39 is 18.0 Å². The van der Waals surface area contributed by atoms with Gasteiger partial charge in [-0.25, -0.2) is 18.7 Å². The summed E-state index contributed by atoms with van der Waals surface area (Å²) in [6.07, 6.45) is 3.66. The Morgan fingerprint density at radius 1 is 1.13 bits per heavy atom. The molecule has 2 aliphatic carbocycles. The summed E-state index contributed by atoms with van der Waals surface area (Å²) in [7, 11) is 0. The van der Waals surface area contributed by atoms with E-state index in [1.165, 1.54) is 6.33 Å². The quantitative estimate of drug-likeness (QED) is 0.396. The van der Waals surface area contributed by atoms with Gasteiger partial charge in [0.25, 0.3) is 5.91 Å². The van der Waals surface area contributed by atoms with Crippen LogP contribution >= 0.6 is 0 Å². The van der Waals surface area contributed by atoms with E-state index in [1.807, 2.05) is 0 Å². The van der Waals surface area contributed by atoms with Crippen LogP contribution in [0.2, 0.25) is 0 Å². The number of H-pyrrole nitrogens is 1. The van der Waals surface area contributed by atoms with Crippen LogP contribution < -0.4 is 15.4 Å². The van der Waals surface area contributed by atoms with Gasteiger partial charge in [-0.15, -0.1) is 0 Å². The van der Waals surface area contributed by atoms with Crippen molar-refractivity contribution in [2.45, 2.75) is 77.6 Å². The minimum Gasteiger partial charge on any atom is -0.492 e. The van der Waals surface area contributed by atoms with Gasteiger partial charge in [0.2, 0.25) is 5.91 Å². The van der Waals surface area contributed by atoms with Gasteiger partial charge >= 0.3 is 0 Å². The van der Waals surface area contributed by atoms with E-state index in [4.69, 9.17) is 4.74 Å². The van der Waals surface area contributed by atoms with Crippen molar-refractivity contribution >= 4 is 22.8 Å². The number of carbonyl (C=O) groups excluding carboxylic acids is 2. The maximum Gasteiger partial charge on any atom is 0.255 e. The van der Waals surface area contributed by atoms with Crippen molar-refractivity contribution in [3.8, 4) is 17.0 Å². The maximum atomic E-state index is 15.5. The molecule has 2 fully saturated rings. The van der Waals surface area contributed by atoms with Crippen LogP contribution in [0.25, 0.3) is 22.3 Å². The van der Waals surface area contributed by atoms with Crippen molar-refractivity contribution in [3.05, 3.63) is 41.1 Å². The first-order chi connectivity index (χ1) is 18.3. The molecule has 0 saturated heterocycles. The molecule has 2 aromatic heterocycles. The third-order valence-electron chi connectivity index (χ3n) is 7.48. The number of alkyl halides is 1. The molecule has 3 N–H and O–H groups in total. The lowest BCUT2D eigenvalue weighted by Gasteiger charge is -2.32. The fourth-order valence-corrected chi connectivity index (χ4v) is 5.06. The van der Waals surface area contributed by atoms with E-state index >= 15 is 4.39 Å². The molecule has 2 amide bonds. The monoisotopic (exact) mass is 525 g/mol. The van der Waals surface area contributed by atoms with Crippen LogP contribution in [0, 0.1) is 25.6 Å². The lowest BCUT2D eigenvalue weighted by atomic mass is 9.89. The zero-order valence-electron chi connectivity index (χ0n) is 21.9. The van der Waals surface area contributed by atoms with Crippen LogP contribution in [0.5, 0.6) is 5.75 Å². The molecule has 2 aliphatic rings. The number of fused-ring (bicyclic) bond motifs is 1. The summed E-state index contributed by atoms with van der Waals surface area (Å²) in [4.78, 5) is 36.9. The number of amides is 2. The van der Waals surface area contributed by atoms with Gasteiger partial charge in [0, 0.05) is 24.6 Å². The molecule has 10 heteroatoms. The molecule has 0 radical (unpaired) electrons. The van der Waals surface area contributed by atoms with Crippen molar-refractivity contribution in [2.24, 2.45) is 5.92 Å². The first-order valence-corrected chi connectivity index (χ1v) is 13.3. The molecular weight excluding hydrogens is 492 g/mol. The summed E-state index contributed by atoms with van der Waals surface area (Å²) >= 11 is 0. The lowest BCUT2D eigenvalue weighted by molar-refractivity contribution is -0.122. The molecule has 8 nitrogen and oxygen atoms in total. The van der Waals surface area contributed by atoms with Crippen LogP contribution in [-0.2, 0) is 4.79 Å². The number of hydrogen-bond acceptors (Lipinski definition) is 5. The highest BCUT2D eigenvalue weighted by molar-refractivity contribution is 6.09. The Labute approximate surface area is 220 Å². The number of aromatic amines is 1. The Morgan fingerprint density at radius 2 is 1.92 bits per heavy atom. The highest BCUT2D eigenvalue weighted by Crippen LogP contribution is 2.39. The van der Waals surface area contributed by atoms with E-state index in [0.29, 0.717) is 71.1 Å². The number of aryl methyl sites for hydroxylation is 2. The Bertz CT molecular complexity index is 1370. The van der Waals surface area contributed by atoms with Crippen LogP contribution in [-0.4, -0.2) is 51.6 Å². The number of nitrogens with zero attached hydrogens (tertiary/aromatic N) is 2. The third-order valence-corrected chi connectivity index (χ3v) is 7.48. The number of benzene rings is 1. The van der Waals surface area contributed by atoms with Crippen LogP contribution in [0.15, 0.2) is 18.5 Å². The summed E-state index contributed by atoms with van der Waals surface area (Å²) in [5.74, 6) is -0.114. The molecule has 0 bridgehead atoms. The van der Waals surface area contributed by atoms with Crippen molar-refractivity contribution in [1.29, 1.82) is 0 Å². The number of nitrogens with one attached hydrogen (secondary N) is 3. The van der Waals surface area contributed by atoms with Crippen molar-refractivity contribution in [1.82, 2.24) is 25.6 Å². The van der Waals surface area contributed by atoms with E-state index in [-0.39, 0.29) is 29.8 Å². The predicted molar refractivity (Wildman–Crippen MR) is 139 cm³/mol. The SMILES string of the molecule is CCC(=O)N[C@H]1CC[C@@H](NC(=O)c2c(C)[nH]c3c(-c4c(OCC5CC5)ccc(C)c4F)ncnc23)C[C@H]1F. The summed E-state index contributed by atoms with van der Waals surface area (Å²) < 4.78 is 36.2. The molecule has 5 rings (SSSR count). The summed E-state index contributed by atoms with van der Waals surface area (Å²) in [5, 5.41) is 5.65. The highest BCUT2D eigenvalue weighted by atomic mass is 19.1. The average Bonchev–Trinajstić information content (AvgIpc) is 3.66. The molecule has 3 atom stereocenters. The van der Waals surface area contributed by atoms with E-state index in [2.05, 4.69) is 25.6 Å². The molecule has 0 aliphatic heterocycles. The van der Waals surface area contributed by atoms with Crippen LogP contribution in [0.3, 0.4) is 0 Å². The second-order valence-electron chi connectivity index (χ2n) is 10.4. The minimum atomic E-state index is -1.25. The van der Waals surface area contributed by atoms with Gasteiger partial charge in [-0.3, -0.25) is 9.59 Å². The second-order valence-corrected chi connectivity index (χ2v) is 10.4. The molecule has 3 aromatic rings. The minimum absolute atomic E-state index is 0.109. The Kier molecular flexibility index (Phi) is 7.32. The first-order valence-electron chi connectivity index (χ1n) is 13.3. The summed E-state index contributed by atoms with van der Waals surface area (Å²) in [5.41, 5.74) is 2.67. The molecule has 2 heterocycles. The van der Waals surface area contributed by atoms with E-state index in [1.54, 1.807) is 32.9 Å². The molecule has 0 unspecified atom stereocenters. The maximum absolute atomic E-state index is 15.5. The number of hydrogen-bond donors (Lipinski definition) is 3. The van der Waals surface area contributed by atoms with Gasteiger partial charge < -0.3 is 20.4 Å². The molecular formula is C28H33F2N5O3. The fraction of sp³-hybridized carbons (Fsp3) is 0.500. The Balaban J connectivity index is 1.41. The topological polar surface area (TPSA) is 109 Å². The Morgan fingerprint density at radius 3 is 2.63 bits per heavy atom. The molecule has 2 saturated carbocycles.